The summed E-state index contributed by atoms with van der Waals surface area (Å²) >= 11 is 0. The highest BCUT2D eigenvalue weighted by molar-refractivity contribution is 6.08. The zero-order valence-corrected chi connectivity index (χ0v) is 29.7. The lowest BCUT2D eigenvalue weighted by Gasteiger charge is -2.17. The maximum absolute atomic E-state index is 4.47. The van der Waals surface area contributed by atoms with E-state index in [9.17, 15) is 0 Å². The summed E-state index contributed by atoms with van der Waals surface area (Å²) in [4.78, 5) is 8.89. The summed E-state index contributed by atoms with van der Waals surface area (Å²) in [5.74, 6) is 0.502. The fourth-order valence-electron chi connectivity index (χ4n) is 8.37. The summed E-state index contributed by atoms with van der Waals surface area (Å²) in [6.07, 6.45) is 15.2. The molecule has 4 aromatic heterocycles. The van der Waals surface area contributed by atoms with E-state index in [1.54, 1.807) is 0 Å². The van der Waals surface area contributed by atoms with Crippen molar-refractivity contribution in [1.29, 1.82) is 0 Å². The van der Waals surface area contributed by atoms with E-state index in [0.717, 1.165) is 30.5 Å². The smallest absolute Gasteiger partial charge is 0.0724 e. The van der Waals surface area contributed by atoms with E-state index < -0.39 is 0 Å². The largest absolute Gasteiger partial charge is 0.308 e. The molecule has 9 aromatic rings. The molecule has 0 N–H and O–H groups in total. The van der Waals surface area contributed by atoms with Gasteiger partial charge in [0.25, 0.3) is 0 Å². The van der Waals surface area contributed by atoms with Crippen molar-refractivity contribution in [2.24, 2.45) is 0 Å². The van der Waals surface area contributed by atoms with Crippen LogP contribution in [0.15, 0.2) is 164 Å². The van der Waals surface area contributed by atoms with Gasteiger partial charge in [-0.2, -0.15) is 0 Å². The molecule has 1 aliphatic rings. The Bertz CT molecular complexity index is 2730. The second kappa shape index (κ2) is 12.9. The molecule has 0 aliphatic heterocycles. The molecular formula is C49H38N4. The number of hydrogen-bond acceptors (Lipinski definition) is 2. The number of para-hydroxylation sites is 1. The molecule has 0 amide bonds. The van der Waals surface area contributed by atoms with Crippen LogP contribution >= 0.6 is 0 Å². The maximum Gasteiger partial charge on any atom is 0.0724 e. The average Bonchev–Trinajstić information content (AvgIpc) is 3.73. The lowest BCUT2D eigenvalue weighted by atomic mass is 9.91. The minimum absolute atomic E-state index is 0.502. The van der Waals surface area contributed by atoms with Gasteiger partial charge in [-0.15, -0.1) is 0 Å². The number of benzene rings is 5. The predicted molar refractivity (Wildman–Crippen MR) is 219 cm³/mol. The monoisotopic (exact) mass is 682 g/mol. The van der Waals surface area contributed by atoms with Crippen molar-refractivity contribution in [1.82, 2.24) is 19.1 Å². The molecule has 53 heavy (non-hydrogen) atoms. The number of allylic oxidation sites excluding steroid dienone is 1. The molecule has 0 radical (unpaired) electrons. The highest BCUT2D eigenvalue weighted by Crippen LogP contribution is 2.39. The van der Waals surface area contributed by atoms with E-state index in [2.05, 4.69) is 172 Å². The summed E-state index contributed by atoms with van der Waals surface area (Å²) in [5.41, 5.74) is 16.2. The third-order valence-corrected chi connectivity index (χ3v) is 11.0. The summed E-state index contributed by atoms with van der Waals surface area (Å²) < 4.78 is 4.68. The molecule has 0 saturated carbocycles. The second-order valence-electron chi connectivity index (χ2n) is 14.4. The van der Waals surface area contributed by atoms with Crippen molar-refractivity contribution in [2.75, 3.05) is 0 Å². The third-order valence-electron chi connectivity index (χ3n) is 11.0. The van der Waals surface area contributed by atoms with E-state index in [1.807, 2.05) is 24.8 Å². The molecule has 0 fully saturated rings. The molecule has 0 spiro atoms. The van der Waals surface area contributed by atoms with Crippen LogP contribution in [0.5, 0.6) is 0 Å². The van der Waals surface area contributed by atoms with Crippen molar-refractivity contribution in [3.8, 4) is 22.5 Å². The van der Waals surface area contributed by atoms with Crippen molar-refractivity contribution in [3.05, 3.63) is 198 Å². The van der Waals surface area contributed by atoms with Gasteiger partial charge >= 0.3 is 0 Å². The van der Waals surface area contributed by atoms with E-state index in [-0.39, 0.29) is 0 Å². The molecule has 1 atom stereocenters. The fraction of sp³-hybridized carbons (Fsp3) is 0.102. The predicted octanol–water partition coefficient (Wildman–Crippen LogP) is 11.9. The zero-order chi connectivity index (χ0) is 35.3. The van der Waals surface area contributed by atoms with Gasteiger partial charge in [0.15, 0.2) is 0 Å². The van der Waals surface area contributed by atoms with Crippen LogP contribution in [0.25, 0.3) is 61.3 Å². The van der Waals surface area contributed by atoms with Crippen LogP contribution in [0.4, 0.5) is 0 Å². The Morgan fingerprint density at radius 2 is 1.00 bits per heavy atom. The molecule has 0 bridgehead atoms. The van der Waals surface area contributed by atoms with Crippen LogP contribution < -0.4 is 0 Å². The number of pyridine rings is 2. The van der Waals surface area contributed by atoms with Gasteiger partial charge < -0.3 is 9.13 Å². The Hall–Kier alpha value is -6.52. The SMILES string of the molecule is CC1CC=Cc2c1c1ccncc1n2-c1ccc(Cc2ccc(-c3ccc(Cc4ccc(-n5c6ccccc6c6ccncc65)cc4)cc3)cc2)cc1. The van der Waals surface area contributed by atoms with Crippen LogP contribution in [-0.4, -0.2) is 19.1 Å². The first-order valence-electron chi connectivity index (χ1n) is 18.5. The molecule has 5 aromatic carbocycles. The van der Waals surface area contributed by atoms with Crippen molar-refractivity contribution >= 4 is 38.8 Å². The zero-order valence-electron chi connectivity index (χ0n) is 29.7. The van der Waals surface area contributed by atoms with E-state index in [0.29, 0.717) is 5.92 Å². The Morgan fingerprint density at radius 1 is 0.509 bits per heavy atom. The molecule has 4 heteroatoms. The van der Waals surface area contributed by atoms with Crippen LogP contribution in [0, 0.1) is 0 Å². The van der Waals surface area contributed by atoms with Crippen LogP contribution in [0.2, 0.25) is 0 Å². The number of fused-ring (bicyclic) bond motifs is 6. The topological polar surface area (TPSA) is 35.6 Å². The molecule has 10 rings (SSSR count). The Kier molecular flexibility index (Phi) is 7.61. The minimum atomic E-state index is 0.502. The van der Waals surface area contributed by atoms with Crippen LogP contribution in [0.3, 0.4) is 0 Å². The number of nitrogens with zero attached hydrogens (tertiary/aromatic N) is 4. The molecule has 1 unspecified atom stereocenters. The van der Waals surface area contributed by atoms with Crippen molar-refractivity contribution in [3.63, 3.8) is 0 Å². The number of aromatic nitrogens is 4. The third kappa shape index (κ3) is 5.55. The Morgan fingerprint density at radius 3 is 1.60 bits per heavy atom. The van der Waals surface area contributed by atoms with Gasteiger partial charge in [-0.25, -0.2) is 0 Å². The molecule has 4 nitrogen and oxygen atoms in total. The van der Waals surface area contributed by atoms with E-state index >= 15 is 0 Å². The van der Waals surface area contributed by atoms with Crippen LogP contribution in [0.1, 0.15) is 52.8 Å². The van der Waals surface area contributed by atoms with E-state index in [4.69, 9.17) is 0 Å². The summed E-state index contributed by atoms with van der Waals surface area (Å²) in [6.45, 7) is 2.32. The average molecular weight is 683 g/mol. The first kappa shape index (κ1) is 31.2. The Balaban J connectivity index is 0.820. The van der Waals surface area contributed by atoms with E-state index in [1.165, 1.54) is 77.5 Å². The normalized spacial score (nSPS) is 13.9. The molecular weight excluding hydrogens is 645 g/mol. The lowest BCUT2D eigenvalue weighted by molar-refractivity contribution is 0.773. The Labute approximate surface area is 309 Å². The number of hydrogen-bond donors (Lipinski definition) is 0. The summed E-state index contributed by atoms with van der Waals surface area (Å²) in [5, 5.41) is 3.79. The highest BCUT2D eigenvalue weighted by atomic mass is 15.0. The first-order chi connectivity index (χ1) is 26.2. The van der Waals surface area contributed by atoms with Gasteiger partial charge in [-0.05, 0) is 113 Å². The number of rotatable bonds is 7. The quantitative estimate of drug-likeness (QED) is 0.168. The molecule has 254 valence electrons. The van der Waals surface area contributed by atoms with Gasteiger partial charge in [0.2, 0.25) is 0 Å². The van der Waals surface area contributed by atoms with Crippen molar-refractivity contribution < 1.29 is 0 Å². The van der Waals surface area contributed by atoms with Crippen LogP contribution in [-0.2, 0) is 12.8 Å². The minimum Gasteiger partial charge on any atom is -0.308 e. The van der Waals surface area contributed by atoms with Gasteiger partial charge in [-0.1, -0.05) is 104 Å². The molecule has 0 saturated heterocycles. The maximum atomic E-state index is 4.47. The molecule has 4 heterocycles. The van der Waals surface area contributed by atoms with Gasteiger partial charge in [0.05, 0.1) is 34.6 Å². The highest BCUT2D eigenvalue weighted by Gasteiger charge is 2.23. The molecule has 1 aliphatic carbocycles. The first-order valence-corrected chi connectivity index (χ1v) is 18.5. The summed E-state index contributed by atoms with van der Waals surface area (Å²) in [7, 11) is 0. The van der Waals surface area contributed by atoms with Crippen molar-refractivity contribution in [2.45, 2.75) is 32.1 Å². The second-order valence-corrected chi connectivity index (χ2v) is 14.4. The summed E-state index contributed by atoms with van der Waals surface area (Å²) in [6, 6.07) is 48.9. The standard InChI is InChI=1S/C49H38N4/c1-33-5-4-8-46-49(33)44-26-28-51-32-48(44)53(46)41-23-15-37(16-24-41)30-35-11-19-39(20-12-35)38-17-9-34(10-18-38)29-36-13-21-40(22-14-36)52-45-7-3-2-6-42(45)43-25-27-50-31-47(43)52/h2-4,6-28,31-33H,5,29-30H2,1H3. The van der Waals surface area contributed by atoms with Gasteiger partial charge in [0.1, 0.15) is 0 Å². The van der Waals surface area contributed by atoms with Gasteiger partial charge in [-0.3, -0.25) is 9.97 Å². The lowest BCUT2D eigenvalue weighted by Crippen LogP contribution is -2.03. The fourth-order valence-corrected chi connectivity index (χ4v) is 8.37. The van der Waals surface area contributed by atoms with Gasteiger partial charge in [0, 0.05) is 39.9 Å².